The van der Waals surface area contributed by atoms with Crippen molar-refractivity contribution in [2.24, 2.45) is 0 Å². The fraction of sp³-hybridized carbons (Fsp3) is 0.667. The van der Waals surface area contributed by atoms with Crippen LogP contribution in [0.2, 0.25) is 0 Å². The molecule has 0 saturated heterocycles. The largest absolute Gasteiger partial charge is 0.346 e. The van der Waals surface area contributed by atoms with Crippen molar-refractivity contribution in [3.05, 3.63) is 11.9 Å². The van der Waals surface area contributed by atoms with E-state index in [1.54, 1.807) is 6.92 Å². The number of aryl methyl sites for hydroxylation is 1. The Kier molecular flexibility index (Phi) is 4.83. The van der Waals surface area contributed by atoms with Crippen LogP contribution in [0.5, 0.6) is 0 Å². The lowest BCUT2D eigenvalue weighted by Gasteiger charge is -2.00. The lowest BCUT2D eigenvalue weighted by molar-refractivity contribution is 0.358. The molecule has 0 aromatic carbocycles. The monoisotopic (exact) mass is 207 g/mol. The van der Waals surface area contributed by atoms with Gasteiger partial charge in [0.25, 0.3) is 0 Å². The fourth-order valence-corrected chi connectivity index (χ4v) is 1.17. The summed E-state index contributed by atoms with van der Waals surface area (Å²) in [6.07, 6.45) is 1.06. The van der Waals surface area contributed by atoms with E-state index in [0.717, 1.165) is 4.68 Å². The summed E-state index contributed by atoms with van der Waals surface area (Å²) in [5.74, 6) is 0. The summed E-state index contributed by atoms with van der Waals surface area (Å²) in [4.78, 5) is 17.0. The van der Waals surface area contributed by atoms with E-state index in [2.05, 4.69) is 10.3 Å². The van der Waals surface area contributed by atoms with Gasteiger partial charge in [-0.1, -0.05) is 19.1 Å². The number of hydrogen-bond donors (Lipinski definition) is 2. The molecule has 0 fully saturated rings. The summed E-state index contributed by atoms with van der Waals surface area (Å²) in [5, 5.41) is 7.05. The highest BCUT2D eigenvalue weighted by molar-refractivity contribution is 7.50. The van der Waals surface area contributed by atoms with Gasteiger partial charge in [-0.25, -0.2) is 4.68 Å². The summed E-state index contributed by atoms with van der Waals surface area (Å²) in [6.45, 7) is 5.70. The lowest BCUT2D eigenvalue weighted by atomic mass is 10.6. The topological polar surface area (TPSA) is 88.2 Å². The maximum absolute atomic E-state index is 10.4. The highest BCUT2D eigenvalue weighted by atomic mass is 31.2. The van der Waals surface area contributed by atoms with Crippen LogP contribution in [-0.2, 0) is 10.9 Å². The van der Waals surface area contributed by atoms with E-state index >= 15 is 0 Å². The molecule has 0 bridgehead atoms. The summed E-state index contributed by atoms with van der Waals surface area (Å²) in [7, 11) is -4.01. The Hall–Kier alpha value is -0.710. The Morgan fingerprint density at radius 3 is 2.38 bits per heavy atom. The van der Waals surface area contributed by atoms with Crippen molar-refractivity contribution >= 4 is 7.60 Å². The number of hydrogen-bond acceptors (Lipinski definition) is 3. The van der Waals surface area contributed by atoms with Crippen molar-refractivity contribution in [1.29, 1.82) is 0 Å². The number of nitrogens with zero attached hydrogens (tertiary/aromatic N) is 3. The van der Waals surface area contributed by atoms with Crippen LogP contribution in [-0.4, -0.2) is 24.8 Å². The molecule has 0 saturated carbocycles. The quantitative estimate of drug-likeness (QED) is 0.698. The molecule has 76 valence electrons. The Morgan fingerprint density at radius 1 is 1.54 bits per heavy atom. The van der Waals surface area contributed by atoms with Crippen LogP contribution in [0.25, 0.3) is 0 Å². The Balaban J connectivity index is 0.000000671. The zero-order valence-corrected chi connectivity index (χ0v) is 8.77. The molecule has 0 aliphatic heterocycles. The standard InChI is InChI=1S/C4H8N3O3P.C2H6/c1-4-2-7(6-5-4)3-11(8,9)10;1-2/h2H,3H2,1H3,(H2,8,9,10);1-2H3. The second-order valence-corrected chi connectivity index (χ2v) is 3.82. The molecule has 1 aromatic rings. The van der Waals surface area contributed by atoms with Gasteiger partial charge in [-0.3, -0.25) is 4.57 Å². The van der Waals surface area contributed by atoms with Crippen LogP contribution < -0.4 is 0 Å². The van der Waals surface area contributed by atoms with Gasteiger partial charge < -0.3 is 9.79 Å². The Bertz CT molecular complexity index is 293. The van der Waals surface area contributed by atoms with Gasteiger partial charge in [0.2, 0.25) is 0 Å². The molecule has 1 rings (SSSR count). The van der Waals surface area contributed by atoms with E-state index in [-0.39, 0.29) is 0 Å². The van der Waals surface area contributed by atoms with Crippen LogP contribution >= 0.6 is 7.60 Å². The van der Waals surface area contributed by atoms with E-state index in [1.165, 1.54) is 6.20 Å². The van der Waals surface area contributed by atoms with Gasteiger partial charge in [0, 0.05) is 6.20 Å². The van der Waals surface area contributed by atoms with Crippen molar-refractivity contribution in [3.63, 3.8) is 0 Å². The maximum Gasteiger partial charge on any atom is 0.346 e. The normalized spacial score (nSPS) is 10.5. The average molecular weight is 207 g/mol. The molecule has 0 aliphatic carbocycles. The highest BCUT2D eigenvalue weighted by Crippen LogP contribution is 2.35. The van der Waals surface area contributed by atoms with Gasteiger partial charge in [-0.15, -0.1) is 5.10 Å². The van der Waals surface area contributed by atoms with Gasteiger partial charge in [0.15, 0.2) is 0 Å². The maximum atomic E-state index is 10.4. The van der Waals surface area contributed by atoms with Gasteiger partial charge in [-0.05, 0) is 6.92 Å². The van der Waals surface area contributed by atoms with Crippen LogP contribution in [0.3, 0.4) is 0 Å². The van der Waals surface area contributed by atoms with Gasteiger partial charge in [0.05, 0.1) is 5.69 Å². The van der Waals surface area contributed by atoms with Crippen molar-refractivity contribution in [1.82, 2.24) is 15.0 Å². The summed E-state index contributed by atoms with van der Waals surface area (Å²) < 4.78 is 11.5. The zero-order valence-electron chi connectivity index (χ0n) is 7.88. The van der Waals surface area contributed by atoms with E-state index in [1.807, 2.05) is 13.8 Å². The van der Waals surface area contributed by atoms with Gasteiger partial charge >= 0.3 is 7.60 Å². The van der Waals surface area contributed by atoms with Crippen molar-refractivity contribution in [2.45, 2.75) is 27.1 Å². The second kappa shape index (κ2) is 5.11. The third kappa shape index (κ3) is 5.52. The minimum atomic E-state index is -4.01. The molecule has 7 heteroatoms. The first-order chi connectivity index (χ1) is 5.97. The molecule has 0 unspecified atom stereocenters. The fourth-order valence-electron chi connectivity index (χ4n) is 0.653. The second-order valence-electron chi connectivity index (χ2n) is 2.21. The predicted octanol–water partition coefficient (Wildman–Crippen LogP) is 0.748. The zero-order chi connectivity index (χ0) is 10.5. The minimum Gasteiger partial charge on any atom is -0.323 e. The van der Waals surface area contributed by atoms with E-state index in [9.17, 15) is 4.57 Å². The number of rotatable bonds is 2. The minimum absolute atomic E-state index is 0.409. The van der Waals surface area contributed by atoms with E-state index in [4.69, 9.17) is 9.79 Å². The molecule has 0 radical (unpaired) electrons. The predicted molar refractivity (Wildman–Crippen MR) is 48.2 cm³/mol. The van der Waals surface area contributed by atoms with Crippen molar-refractivity contribution in [3.8, 4) is 0 Å². The summed E-state index contributed by atoms with van der Waals surface area (Å²) >= 11 is 0. The molecule has 6 nitrogen and oxygen atoms in total. The molecular weight excluding hydrogens is 193 g/mol. The van der Waals surface area contributed by atoms with Crippen molar-refractivity contribution in [2.75, 3.05) is 0 Å². The molecule has 1 heterocycles. The molecular formula is C6H14N3O3P. The molecule has 0 spiro atoms. The molecule has 2 N–H and O–H groups in total. The SMILES string of the molecule is CC.Cc1cn(CP(=O)(O)O)nn1. The van der Waals surface area contributed by atoms with Gasteiger partial charge in [0.1, 0.15) is 6.29 Å². The van der Waals surface area contributed by atoms with Crippen LogP contribution in [0, 0.1) is 6.92 Å². The van der Waals surface area contributed by atoms with Crippen LogP contribution in [0.4, 0.5) is 0 Å². The first-order valence-electron chi connectivity index (χ1n) is 3.89. The molecule has 0 amide bonds. The number of aromatic nitrogens is 3. The van der Waals surface area contributed by atoms with Crippen LogP contribution in [0.1, 0.15) is 19.5 Å². The van der Waals surface area contributed by atoms with E-state index < -0.39 is 13.9 Å². The van der Waals surface area contributed by atoms with Crippen molar-refractivity contribution < 1.29 is 14.4 Å². The molecule has 13 heavy (non-hydrogen) atoms. The highest BCUT2D eigenvalue weighted by Gasteiger charge is 2.14. The van der Waals surface area contributed by atoms with E-state index in [0.29, 0.717) is 5.69 Å². The Morgan fingerprint density at radius 2 is 2.08 bits per heavy atom. The molecule has 1 aromatic heterocycles. The summed E-state index contributed by atoms with van der Waals surface area (Å²) in [6, 6.07) is 0. The average Bonchev–Trinajstić information content (AvgIpc) is 2.36. The first-order valence-corrected chi connectivity index (χ1v) is 5.68. The van der Waals surface area contributed by atoms with Gasteiger partial charge in [-0.2, -0.15) is 0 Å². The Labute approximate surface area is 76.7 Å². The van der Waals surface area contributed by atoms with Crippen LogP contribution in [0.15, 0.2) is 6.20 Å². The lowest BCUT2D eigenvalue weighted by Crippen LogP contribution is -1.98. The smallest absolute Gasteiger partial charge is 0.323 e. The first kappa shape index (κ1) is 12.3. The molecule has 0 atom stereocenters. The summed E-state index contributed by atoms with van der Waals surface area (Å²) in [5.41, 5.74) is 0.637. The molecule has 0 aliphatic rings. The third-order valence-corrected chi connectivity index (χ3v) is 1.64. The third-order valence-electron chi connectivity index (χ3n) is 0.982.